The highest BCUT2D eigenvalue weighted by molar-refractivity contribution is 9.10. The van der Waals surface area contributed by atoms with E-state index in [1.165, 1.54) is 12.1 Å². The summed E-state index contributed by atoms with van der Waals surface area (Å²) in [6.45, 7) is 5.17. The maximum atomic E-state index is 13.4. The van der Waals surface area contributed by atoms with Crippen LogP contribution in [-0.2, 0) is 0 Å². The molecule has 0 aliphatic rings. The van der Waals surface area contributed by atoms with Gasteiger partial charge in [-0.2, -0.15) is 0 Å². The second-order valence-corrected chi connectivity index (χ2v) is 5.84. The third kappa shape index (κ3) is 4.55. The summed E-state index contributed by atoms with van der Waals surface area (Å²) in [6.07, 6.45) is 1.07. The molecule has 1 unspecified atom stereocenters. The minimum Gasteiger partial charge on any atom is -0.457 e. The monoisotopic (exact) mass is 351 g/mol. The third-order valence-electron chi connectivity index (χ3n) is 3.15. The minimum atomic E-state index is -0.325. The second-order valence-electron chi connectivity index (χ2n) is 4.92. The number of halogens is 2. The molecule has 0 bridgehead atoms. The van der Waals surface area contributed by atoms with Crippen LogP contribution in [0.4, 0.5) is 4.39 Å². The van der Waals surface area contributed by atoms with Crippen molar-refractivity contribution in [1.82, 2.24) is 5.32 Å². The molecule has 0 aromatic heterocycles. The lowest BCUT2D eigenvalue weighted by molar-refractivity contribution is 0.456. The second kappa shape index (κ2) is 7.57. The normalized spacial score (nSPS) is 12.2. The molecule has 2 rings (SSSR count). The van der Waals surface area contributed by atoms with Gasteiger partial charge in [0.25, 0.3) is 0 Å². The van der Waals surface area contributed by atoms with Crippen molar-refractivity contribution in [3.8, 4) is 11.5 Å². The Morgan fingerprint density at radius 1 is 1.24 bits per heavy atom. The van der Waals surface area contributed by atoms with E-state index in [0.29, 0.717) is 10.2 Å². The molecule has 2 aromatic rings. The summed E-state index contributed by atoms with van der Waals surface area (Å²) in [5.74, 6) is 0.900. The van der Waals surface area contributed by atoms with Crippen LogP contribution in [-0.4, -0.2) is 6.54 Å². The van der Waals surface area contributed by atoms with Gasteiger partial charge in [-0.15, -0.1) is 0 Å². The van der Waals surface area contributed by atoms with Crippen LogP contribution < -0.4 is 10.1 Å². The molecule has 4 heteroatoms. The van der Waals surface area contributed by atoms with Crippen LogP contribution in [0.5, 0.6) is 11.5 Å². The number of hydrogen-bond donors (Lipinski definition) is 1. The Labute approximate surface area is 133 Å². The average molecular weight is 352 g/mol. The Balaban J connectivity index is 2.23. The highest BCUT2D eigenvalue weighted by Gasteiger charge is 2.11. The Kier molecular flexibility index (Phi) is 5.76. The zero-order valence-corrected chi connectivity index (χ0v) is 13.8. The highest BCUT2D eigenvalue weighted by atomic mass is 79.9. The highest BCUT2D eigenvalue weighted by Crippen LogP contribution is 2.31. The van der Waals surface area contributed by atoms with Gasteiger partial charge in [0.05, 0.1) is 0 Å². The first-order valence-corrected chi connectivity index (χ1v) is 7.85. The van der Waals surface area contributed by atoms with Crippen molar-refractivity contribution in [3.63, 3.8) is 0 Å². The lowest BCUT2D eigenvalue weighted by Crippen LogP contribution is -2.19. The molecule has 1 N–H and O–H groups in total. The molecule has 0 saturated heterocycles. The van der Waals surface area contributed by atoms with Gasteiger partial charge in [0, 0.05) is 22.1 Å². The van der Waals surface area contributed by atoms with Gasteiger partial charge in [0.1, 0.15) is 17.3 Å². The Hall–Kier alpha value is -1.39. The van der Waals surface area contributed by atoms with Crippen molar-refractivity contribution in [3.05, 3.63) is 58.3 Å². The summed E-state index contributed by atoms with van der Waals surface area (Å²) >= 11 is 3.28. The van der Waals surface area contributed by atoms with Crippen molar-refractivity contribution < 1.29 is 9.13 Å². The van der Waals surface area contributed by atoms with E-state index in [1.807, 2.05) is 24.3 Å². The van der Waals surface area contributed by atoms with E-state index in [1.54, 1.807) is 6.07 Å². The van der Waals surface area contributed by atoms with Crippen molar-refractivity contribution in [2.75, 3.05) is 6.54 Å². The summed E-state index contributed by atoms with van der Waals surface area (Å²) in [5.41, 5.74) is 1.06. The summed E-state index contributed by atoms with van der Waals surface area (Å²) in [6, 6.07) is 12.5. The SMILES string of the molecule is CCCNC(C)c1ccccc1Oc1cc(F)cc(Br)c1. The minimum absolute atomic E-state index is 0.179. The first kappa shape index (κ1) is 16.0. The number of benzene rings is 2. The molecule has 21 heavy (non-hydrogen) atoms. The van der Waals surface area contributed by atoms with Gasteiger partial charge < -0.3 is 10.1 Å². The molecule has 0 aliphatic carbocycles. The smallest absolute Gasteiger partial charge is 0.132 e. The van der Waals surface area contributed by atoms with E-state index in [9.17, 15) is 4.39 Å². The van der Waals surface area contributed by atoms with E-state index >= 15 is 0 Å². The van der Waals surface area contributed by atoms with Crippen LogP contribution in [0.3, 0.4) is 0 Å². The number of para-hydroxylation sites is 1. The van der Waals surface area contributed by atoms with Gasteiger partial charge in [-0.1, -0.05) is 41.1 Å². The number of nitrogens with one attached hydrogen (secondary N) is 1. The van der Waals surface area contributed by atoms with E-state index in [2.05, 4.69) is 35.1 Å². The van der Waals surface area contributed by atoms with Crippen molar-refractivity contribution in [1.29, 1.82) is 0 Å². The molecular weight excluding hydrogens is 333 g/mol. The summed E-state index contributed by atoms with van der Waals surface area (Å²) < 4.78 is 20.0. The Morgan fingerprint density at radius 2 is 2.00 bits per heavy atom. The Morgan fingerprint density at radius 3 is 2.71 bits per heavy atom. The van der Waals surface area contributed by atoms with Crippen LogP contribution in [0.15, 0.2) is 46.9 Å². The topological polar surface area (TPSA) is 21.3 Å². The number of ether oxygens (including phenoxy) is 1. The molecule has 2 nitrogen and oxygen atoms in total. The van der Waals surface area contributed by atoms with Gasteiger partial charge in [0.15, 0.2) is 0 Å². The number of hydrogen-bond acceptors (Lipinski definition) is 2. The molecule has 0 saturated carbocycles. The first-order valence-electron chi connectivity index (χ1n) is 7.06. The zero-order valence-electron chi connectivity index (χ0n) is 12.2. The van der Waals surface area contributed by atoms with E-state index in [0.717, 1.165) is 24.3 Å². The molecule has 0 amide bonds. The lowest BCUT2D eigenvalue weighted by Gasteiger charge is -2.18. The molecule has 0 fully saturated rings. The predicted molar refractivity (Wildman–Crippen MR) is 87.3 cm³/mol. The van der Waals surface area contributed by atoms with Crippen LogP contribution >= 0.6 is 15.9 Å². The van der Waals surface area contributed by atoms with Gasteiger partial charge in [0.2, 0.25) is 0 Å². The van der Waals surface area contributed by atoms with Crippen LogP contribution in [0.25, 0.3) is 0 Å². The maximum absolute atomic E-state index is 13.4. The van der Waals surface area contributed by atoms with Crippen LogP contribution in [0.1, 0.15) is 31.9 Å². The fourth-order valence-electron chi connectivity index (χ4n) is 2.12. The molecule has 2 aromatic carbocycles. The Bertz CT molecular complexity index is 583. The molecule has 1 atom stereocenters. The van der Waals surface area contributed by atoms with E-state index in [-0.39, 0.29) is 11.9 Å². The maximum Gasteiger partial charge on any atom is 0.132 e. The number of rotatable bonds is 6. The van der Waals surface area contributed by atoms with Crippen molar-refractivity contribution >= 4 is 15.9 Å². The fraction of sp³-hybridized carbons (Fsp3) is 0.294. The van der Waals surface area contributed by atoms with Gasteiger partial charge in [-0.05, 0) is 38.1 Å². The molecular formula is C17H19BrFNO. The van der Waals surface area contributed by atoms with Gasteiger partial charge in [-0.25, -0.2) is 4.39 Å². The summed E-state index contributed by atoms with van der Waals surface area (Å²) in [4.78, 5) is 0. The van der Waals surface area contributed by atoms with E-state index < -0.39 is 0 Å². The largest absolute Gasteiger partial charge is 0.457 e. The molecule has 112 valence electrons. The average Bonchev–Trinajstić information content (AvgIpc) is 2.44. The first-order chi connectivity index (χ1) is 10.1. The lowest BCUT2D eigenvalue weighted by atomic mass is 10.1. The molecule has 0 radical (unpaired) electrons. The molecule has 0 heterocycles. The van der Waals surface area contributed by atoms with Crippen molar-refractivity contribution in [2.24, 2.45) is 0 Å². The zero-order chi connectivity index (χ0) is 15.2. The molecule has 0 aliphatic heterocycles. The summed E-state index contributed by atoms with van der Waals surface area (Å²) in [5, 5.41) is 3.43. The quantitative estimate of drug-likeness (QED) is 0.747. The van der Waals surface area contributed by atoms with Crippen LogP contribution in [0, 0.1) is 5.82 Å². The molecule has 0 spiro atoms. The summed E-state index contributed by atoms with van der Waals surface area (Å²) in [7, 11) is 0. The standard InChI is InChI=1S/C17H19BrFNO/c1-3-8-20-12(2)16-6-4-5-7-17(16)21-15-10-13(18)9-14(19)11-15/h4-7,9-12,20H,3,8H2,1-2H3. The van der Waals surface area contributed by atoms with Gasteiger partial charge in [-0.3, -0.25) is 0 Å². The van der Waals surface area contributed by atoms with Crippen molar-refractivity contribution in [2.45, 2.75) is 26.3 Å². The fourth-order valence-corrected chi connectivity index (χ4v) is 2.56. The van der Waals surface area contributed by atoms with Crippen LogP contribution in [0.2, 0.25) is 0 Å². The predicted octanol–water partition coefficient (Wildman–Crippen LogP) is 5.44. The van der Waals surface area contributed by atoms with Gasteiger partial charge >= 0.3 is 0 Å². The third-order valence-corrected chi connectivity index (χ3v) is 3.61. The van der Waals surface area contributed by atoms with E-state index in [4.69, 9.17) is 4.74 Å².